The number of carbonyl (C=O) groups excluding carboxylic acids is 4. The van der Waals surface area contributed by atoms with Gasteiger partial charge in [-0.25, -0.2) is 4.79 Å². The fraction of sp³-hybridized carbons (Fsp3) is 0.450. The van der Waals surface area contributed by atoms with Gasteiger partial charge in [-0.2, -0.15) is 11.5 Å². The Balaban J connectivity index is 6.71. The van der Waals surface area contributed by atoms with Crippen molar-refractivity contribution in [1.29, 1.82) is 0 Å². The van der Waals surface area contributed by atoms with Crippen molar-refractivity contribution in [1.82, 2.24) is 9.91 Å². The van der Waals surface area contributed by atoms with Crippen LogP contribution in [0.2, 0.25) is 0 Å². The molecule has 0 radical (unpaired) electrons. The molecule has 0 unspecified atom stereocenters. The number of rotatable bonds is 9. The van der Waals surface area contributed by atoms with Gasteiger partial charge in [0.05, 0.1) is 0 Å². The second-order valence-electron chi connectivity index (χ2n) is 7.41. The lowest BCUT2D eigenvalue weighted by Gasteiger charge is -2.46. The van der Waals surface area contributed by atoms with E-state index < -0.39 is 40.0 Å². The first-order valence-corrected chi connectivity index (χ1v) is 8.20. The van der Waals surface area contributed by atoms with Crippen LogP contribution < -0.4 is 0 Å². The molecule has 0 saturated heterocycles. The fourth-order valence-electron chi connectivity index (χ4n) is 2.75. The predicted octanol–water partition coefficient (Wildman–Crippen LogP) is 3.15. The molecule has 0 aliphatic carbocycles. The van der Waals surface area contributed by atoms with Gasteiger partial charge in [0.25, 0.3) is 0 Å². The molecule has 0 bridgehead atoms. The van der Waals surface area contributed by atoms with Gasteiger partial charge in [-0.15, -0.1) is 0 Å². The molecule has 27 heavy (non-hydrogen) atoms. The summed E-state index contributed by atoms with van der Waals surface area (Å²) in [6, 6.07) is -0.967. The fourth-order valence-corrected chi connectivity index (χ4v) is 2.75. The van der Waals surface area contributed by atoms with Gasteiger partial charge in [0.15, 0.2) is 22.9 Å². The molecule has 0 aromatic rings. The highest BCUT2D eigenvalue weighted by Gasteiger charge is 2.54. The number of ketones is 3. The summed E-state index contributed by atoms with van der Waals surface area (Å²) < 4.78 is 0. The largest absolute Gasteiger partial charge is 0.388 e. The first kappa shape index (κ1) is 24.0. The predicted molar refractivity (Wildman–Crippen MR) is 104 cm³/mol. The van der Waals surface area contributed by atoms with Crippen LogP contribution in [-0.4, -0.2) is 49.9 Å². The number of amides is 2. The maximum atomic E-state index is 13.4. The molecule has 0 spiro atoms. The Morgan fingerprint density at radius 2 is 1.04 bits per heavy atom. The van der Waals surface area contributed by atoms with Crippen LogP contribution in [0, 0.1) is 6.57 Å². The molecular formula is C20H27N3O4. The molecule has 0 aromatic carbocycles. The molecule has 0 aromatic heterocycles. The van der Waals surface area contributed by atoms with Gasteiger partial charge >= 0.3 is 6.03 Å². The number of hydrogen-bond donors (Lipinski definition) is 0. The highest BCUT2D eigenvalue weighted by Crippen LogP contribution is 2.32. The highest BCUT2D eigenvalue weighted by molar-refractivity contribution is 6.05. The van der Waals surface area contributed by atoms with E-state index in [9.17, 15) is 19.2 Å². The maximum Gasteiger partial charge on any atom is 0.388 e. The zero-order valence-electron chi connectivity index (χ0n) is 16.8. The van der Waals surface area contributed by atoms with Gasteiger partial charge in [0.2, 0.25) is 0 Å². The van der Waals surface area contributed by atoms with E-state index in [-0.39, 0.29) is 0 Å². The molecule has 0 heterocycles. The Bertz CT molecular complexity index is 707. The van der Waals surface area contributed by atoms with Crippen LogP contribution in [0.3, 0.4) is 0 Å². The smallest absolute Gasteiger partial charge is 0.295 e. The van der Waals surface area contributed by atoms with Crippen molar-refractivity contribution in [3.8, 4) is 0 Å². The summed E-state index contributed by atoms with van der Waals surface area (Å²) >= 11 is 0. The molecule has 0 fully saturated rings. The lowest BCUT2D eigenvalue weighted by Crippen LogP contribution is -2.68. The number of carbonyl (C=O) groups is 4. The summed E-state index contributed by atoms with van der Waals surface area (Å²) in [5, 5.41) is 0.618. The second kappa shape index (κ2) is 8.12. The third kappa shape index (κ3) is 4.22. The van der Waals surface area contributed by atoms with Crippen LogP contribution in [-0.2, 0) is 14.4 Å². The summed E-state index contributed by atoms with van der Waals surface area (Å²) in [5.41, 5.74) is -4.59. The Morgan fingerprint density at radius 1 is 0.741 bits per heavy atom. The monoisotopic (exact) mass is 373 g/mol. The zero-order valence-corrected chi connectivity index (χ0v) is 16.8. The SMILES string of the molecule is [C-]#[N+]N(C(=O)N(C(C)(C)C(=O)C=C)C(C)(C)C(=O)C=C)C(C)(C)C(=O)C=C. The van der Waals surface area contributed by atoms with Gasteiger partial charge in [0, 0.05) is 0 Å². The van der Waals surface area contributed by atoms with Crippen molar-refractivity contribution in [3.63, 3.8) is 0 Å². The van der Waals surface area contributed by atoms with Crippen molar-refractivity contribution in [2.75, 3.05) is 0 Å². The van der Waals surface area contributed by atoms with E-state index in [0.29, 0.717) is 5.01 Å². The minimum Gasteiger partial charge on any atom is -0.295 e. The molecule has 0 N–H and O–H groups in total. The van der Waals surface area contributed by atoms with Gasteiger partial charge in [-0.1, -0.05) is 19.7 Å². The van der Waals surface area contributed by atoms with E-state index in [4.69, 9.17) is 6.57 Å². The molecule has 0 saturated carbocycles. The molecule has 2 amide bonds. The summed E-state index contributed by atoms with van der Waals surface area (Å²) in [5.74, 6) is -1.62. The summed E-state index contributed by atoms with van der Waals surface area (Å²) in [6.45, 7) is 26.2. The standard InChI is InChI=1S/C20H27N3O4/c1-11-14(24)18(4,5)22(19(6,7)15(25)12-2)17(27)23(21-10)20(8,9)16(26)13-3/h11-13H,1-3H2,4-9H3. The van der Waals surface area contributed by atoms with Gasteiger partial charge in [-0.3, -0.25) is 19.3 Å². The average Bonchev–Trinajstić information content (AvgIpc) is 2.58. The van der Waals surface area contributed by atoms with Crippen LogP contribution in [0.1, 0.15) is 41.5 Å². The first-order valence-electron chi connectivity index (χ1n) is 8.20. The molecule has 0 rings (SSSR count). The minimum atomic E-state index is -1.56. The first-order chi connectivity index (χ1) is 12.2. The molecule has 0 aliphatic heterocycles. The second-order valence-corrected chi connectivity index (χ2v) is 7.41. The van der Waals surface area contributed by atoms with Crippen molar-refractivity contribution in [2.24, 2.45) is 0 Å². The topological polar surface area (TPSA) is 79.1 Å². The van der Waals surface area contributed by atoms with Crippen molar-refractivity contribution < 1.29 is 19.2 Å². The van der Waals surface area contributed by atoms with Crippen LogP contribution in [0.5, 0.6) is 0 Å². The van der Waals surface area contributed by atoms with E-state index in [1.54, 1.807) is 0 Å². The molecule has 0 aliphatic rings. The van der Waals surface area contributed by atoms with Crippen molar-refractivity contribution >= 4 is 23.4 Å². The highest BCUT2D eigenvalue weighted by atomic mass is 16.2. The molecule has 7 nitrogen and oxygen atoms in total. The van der Waals surface area contributed by atoms with E-state index in [0.717, 1.165) is 23.1 Å². The lowest BCUT2D eigenvalue weighted by molar-refractivity contribution is -0.133. The Hall–Kier alpha value is -3.01. The van der Waals surface area contributed by atoms with Crippen LogP contribution in [0.15, 0.2) is 38.0 Å². The Kier molecular flexibility index (Phi) is 7.22. The number of hydrogen-bond acceptors (Lipinski definition) is 4. The Labute approximate surface area is 160 Å². The number of urea groups is 1. The van der Waals surface area contributed by atoms with E-state index in [1.165, 1.54) is 41.5 Å². The zero-order chi connectivity index (χ0) is 21.8. The van der Waals surface area contributed by atoms with Crippen molar-refractivity contribution in [2.45, 2.75) is 58.2 Å². The Morgan fingerprint density at radius 3 is 1.30 bits per heavy atom. The summed E-state index contributed by atoms with van der Waals surface area (Å²) in [7, 11) is 0. The third-order valence-electron chi connectivity index (χ3n) is 4.49. The maximum absolute atomic E-state index is 13.4. The summed E-state index contributed by atoms with van der Waals surface area (Å²) in [6.07, 6.45) is 3.09. The molecular weight excluding hydrogens is 346 g/mol. The van der Waals surface area contributed by atoms with Crippen molar-refractivity contribution in [3.05, 3.63) is 49.5 Å². The molecule has 7 heteroatoms. The van der Waals surface area contributed by atoms with Crippen LogP contribution >= 0.6 is 0 Å². The van der Waals surface area contributed by atoms with E-state index in [2.05, 4.69) is 24.7 Å². The average molecular weight is 373 g/mol. The van der Waals surface area contributed by atoms with E-state index in [1.807, 2.05) is 0 Å². The third-order valence-corrected chi connectivity index (χ3v) is 4.49. The minimum absolute atomic E-state index is 0.529. The number of nitrogens with zero attached hydrogens (tertiary/aromatic N) is 3. The quantitative estimate of drug-likeness (QED) is 0.353. The van der Waals surface area contributed by atoms with Gasteiger partial charge in [-0.05, 0) is 64.8 Å². The summed E-state index contributed by atoms with van der Waals surface area (Å²) in [4.78, 5) is 54.7. The normalized spacial score (nSPS) is 11.6. The molecule has 0 atom stereocenters. The van der Waals surface area contributed by atoms with Crippen LogP contribution in [0.4, 0.5) is 4.79 Å². The van der Waals surface area contributed by atoms with Gasteiger partial charge < -0.3 is 0 Å². The van der Waals surface area contributed by atoms with E-state index >= 15 is 0 Å². The lowest BCUT2D eigenvalue weighted by atomic mass is 9.86. The van der Waals surface area contributed by atoms with Gasteiger partial charge in [0.1, 0.15) is 11.1 Å². The molecule has 146 valence electrons. The van der Waals surface area contributed by atoms with Crippen LogP contribution in [0.25, 0.3) is 4.95 Å².